The minimum absolute atomic E-state index is 0.362. The Bertz CT molecular complexity index is 348. The van der Waals surface area contributed by atoms with Crippen LogP contribution in [0, 0.1) is 5.92 Å². The van der Waals surface area contributed by atoms with Gasteiger partial charge in [-0.1, -0.05) is 25.0 Å². The van der Waals surface area contributed by atoms with E-state index in [-0.39, 0.29) is 0 Å². The van der Waals surface area contributed by atoms with Crippen LogP contribution in [0.3, 0.4) is 0 Å². The van der Waals surface area contributed by atoms with E-state index in [9.17, 15) is 5.11 Å². The van der Waals surface area contributed by atoms with Crippen LogP contribution >= 0.6 is 15.9 Å². The standard InChI is InChI=1S/C13H18BrNO/c14-12-7-3-6-11(13(12)16)9-15-8-10-4-1-2-5-10/h3,6-7,10,15-16H,1-2,4-5,8-9H2. The Morgan fingerprint density at radius 3 is 2.81 bits per heavy atom. The molecule has 0 unspecified atom stereocenters. The van der Waals surface area contributed by atoms with Gasteiger partial charge in [0.25, 0.3) is 0 Å². The quantitative estimate of drug-likeness (QED) is 0.887. The average molecular weight is 284 g/mol. The van der Waals surface area contributed by atoms with Crippen LogP contribution in [-0.2, 0) is 6.54 Å². The number of hydrogen-bond donors (Lipinski definition) is 2. The summed E-state index contributed by atoms with van der Waals surface area (Å²) in [5.74, 6) is 1.20. The van der Waals surface area contributed by atoms with E-state index in [2.05, 4.69) is 21.2 Å². The van der Waals surface area contributed by atoms with Gasteiger partial charge in [-0.05, 0) is 47.3 Å². The highest BCUT2D eigenvalue weighted by atomic mass is 79.9. The third-order valence-corrected chi connectivity index (χ3v) is 3.93. The van der Waals surface area contributed by atoms with Crippen molar-refractivity contribution in [1.29, 1.82) is 0 Å². The number of rotatable bonds is 4. The summed E-state index contributed by atoms with van der Waals surface area (Å²) in [5.41, 5.74) is 0.965. The predicted octanol–water partition coefficient (Wildman–Crippen LogP) is 3.43. The van der Waals surface area contributed by atoms with Gasteiger partial charge in [-0.25, -0.2) is 0 Å². The fourth-order valence-corrected chi connectivity index (χ4v) is 2.74. The third-order valence-electron chi connectivity index (χ3n) is 3.29. The predicted molar refractivity (Wildman–Crippen MR) is 69.5 cm³/mol. The molecule has 0 aromatic heterocycles. The molecular formula is C13H18BrNO. The Morgan fingerprint density at radius 1 is 1.31 bits per heavy atom. The summed E-state index contributed by atoms with van der Waals surface area (Å²) in [6.45, 7) is 1.83. The normalized spacial score (nSPS) is 16.8. The molecular weight excluding hydrogens is 266 g/mol. The Morgan fingerprint density at radius 2 is 2.06 bits per heavy atom. The molecule has 1 saturated carbocycles. The number of aromatic hydroxyl groups is 1. The number of phenols is 1. The molecule has 1 fully saturated rings. The SMILES string of the molecule is Oc1c(Br)cccc1CNCC1CCCC1. The van der Waals surface area contributed by atoms with Gasteiger partial charge in [-0.3, -0.25) is 0 Å². The Hall–Kier alpha value is -0.540. The molecule has 2 N–H and O–H groups in total. The smallest absolute Gasteiger partial charge is 0.134 e. The number of benzene rings is 1. The first-order valence-electron chi connectivity index (χ1n) is 5.94. The zero-order valence-corrected chi connectivity index (χ0v) is 11.0. The molecule has 16 heavy (non-hydrogen) atoms. The first-order valence-corrected chi connectivity index (χ1v) is 6.74. The summed E-state index contributed by atoms with van der Waals surface area (Å²) >= 11 is 3.33. The van der Waals surface area contributed by atoms with E-state index in [0.29, 0.717) is 5.75 Å². The van der Waals surface area contributed by atoms with Crippen LogP contribution < -0.4 is 5.32 Å². The molecule has 0 atom stereocenters. The van der Waals surface area contributed by atoms with Crippen LogP contribution in [-0.4, -0.2) is 11.7 Å². The number of hydrogen-bond acceptors (Lipinski definition) is 2. The second kappa shape index (κ2) is 5.69. The molecule has 1 aliphatic carbocycles. The maximum Gasteiger partial charge on any atom is 0.134 e. The number of halogens is 1. The average Bonchev–Trinajstić information content (AvgIpc) is 2.77. The molecule has 1 aromatic carbocycles. The lowest BCUT2D eigenvalue weighted by Crippen LogP contribution is -2.20. The summed E-state index contributed by atoms with van der Waals surface area (Å²) in [6.07, 6.45) is 5.48. The van der Waals surface area contributed by atoms with E-state index in [4.69, 9.17) is 0 Å². The molecule has 1 aromatic rings. The molecule has 88 valence electrons. The fourth-order valence-electron chi connectivity index (χ4n) is 2.33. The van der Waals surface area contributed by atoms with Gasteiger partial charge in [0.05, 0.1) is 4.47 Å². The maximum absolute atomic E-state index is 9.80. The highest BCUT2D eigenvalue weighted by Gasteiger charge is 2.14. The second-order valence-corrected chi connectivity index (χ2v) is 5.38. The lowest BCUT2D eigenvalue weighted by molar-refractivity contribution is 0.451. The summed E-state index contributed by atoms with van der Waals surface area (Å²) in [4.78, 5) is 0. The molecule has 2 nitrogen and oxygen atoms in total. The van der Waals surface area contributed by atoms with Crippen LogP contribution in [0.4, 0.5) is 0 Å². The van der Waals surface area contributed by atoms with E-state index < -0.39 is 0 Å². The zero-order chi connectivity index (χ0) is 11.4. The molecule has 0 heterocycles. The van der Waals surface area contributed by atoms with Gasteiger partial charge in [0.15, 0.2) is 0 Å². The van der Waals surface area contributed by atoms with Crippen molar-refractivity contribution in [2.24, 2.45) is 5.92 Å². The summed E-state index contributed by atoms with van der Waals surface area (Å²) in [5, 5.41) is 13.2. The molecule has 0 saturated heterocycles. The number of phenolic OH excluding ortho intramolecular Hbond substituents is 1. The van der Waals surface area contributed by atoms with Gasteiger partial charge in [0.1, 0.15) is 5.75 Å². The minimum Gasteiger partial charge on any atom is -0.506 e. The fraction of sp³-hybridized carbons (Fsp3) is 0.538. The molecule has 1 aliphatic rings. The largest absolute Gasteiger partial charge is 0.506 e. The first kappa shape index (κ1) is 11.9. The maximum atomic E-state index is 9.80. The van der Waals surface area contributed by atoms with Gasteiger partial charge in [-0.2, -0.15) is 0 Å². The number of nitrogens with one attached hydrogen (secondary N) is 1. The van der Waals surface area contributed by atoms with Crippen LogP contribution in [0.5, 0.6) is 5.75 Å². The van der Waals surface area contributed by atoms with E-state index in [1.807, 2.05) is 18.2 Å². The lowest BCUT2D eigenvalue weighted by atomic mass is 10.1. The van der Waals surface area contributed by atoms with Crippen molar-refractivity contribution in [1.82, 2.24) is 5.32 Å². The van der Waals surface area contributed by atoms with Crippen molar-refractivity contribution in [3.8, 4) is 5.75 Å². The van der Waals surface area contributed by atoms with Crippen molar-refractivity contribution in [3.63, 3.8) is 0 Å². The monoisotopic (exact) mass is 283 g/mol. The number of para-hydroxylation sites is 1. The summed E-state index contributed by atoms with van der Waals surface area (Å²) in [6, 6.07) is 5.77. The third kappa shape index (κ3) is 2.98. The van der Waals surface area contributed by atoms with Crippen molar-refractivity contribution in [2.45, 2.75) is 32.2 Å². The van der Waals surface area contributed by atoms with E-state index >= 15 is 0 Å². The molecule has 0 aliphatic heterocycles. The zero-order valence-electron chi connectivity index (χ0n) is 9.38. The van der Waals surface area contributed by atoms with Crippen LogP contribution in [0.2, 0.25) is 0 Å². The van der Waals surface area contributed by atoms with Crippen molar-refractivity contribution in [2.75, 3.05) is 6.54 Å². The van der Waals surface area contributed by atoms with Gasteiger partial charge < -0.3 is 10.4 Å². The van der Waals surface area contributed by atoms with Crippen molar-refractivity contribution < 1.29 is 5.11 Å². The van der Waals surface area contributed by atoms with Crippen molar-refractivity contribution >= 4 is 15.9 Å². The molecule has 0 radical (unpaired) electrons. The summed E-state index contributed by atoms with van der Waals surface area (Å²) in [7, 11) is 0. The highest BCUT2D eigenvalue weighted by Crippen LogP contribution is 2.27. The molecule has 0 spiro atoms. The van der Waals surface area contributed by atoms with Crippen LogP contribution in [0.1, 0.15) is 31.2 Å². The molecule has 0 amide bonds. The first-order chi connectivity index (χ1) is 7.77. The Kier molecular flexibility index (Phi) is 4.24. The Labute approximate surface area is 105 Å². The van der Waals surface area contributed by atoms with Gasteiger partial charge >= 0.3 is 0 Å². The lowest BCUT2D eigenvalue weighted by Gasteiger charge is -2.11. The Balaban J connectivity index is 1.82. The van der Waals surface area contributed by atoms with E-state index in [1.54, 1.807) is 0 Å². The highest BCUT2D eigenvalue weighted by molar-refractivity contribution is 9.10. The van der Waals surface area contributed by atoms with Gasteiger partial charge in [0.2, 0.25) is 0 Å². The van der Waals surface area contributed by atoms with Crippen LogP contribution in [0.25, 0.3) is 0 Å². The van der Waals surface area contributed by atoms with Gasteiger partial charge in [0, 0.05) is 12.1 Å². The van der Waals surface area contributed by atoms with E-state index in [1.165, 1.54) is 25.7 Å². The molecule has 2 rings (SSSR count). The topological polar surface area (TPSA) is 32.3 Å². The second-order valence-electron chi connectivity index (χ2n) is 4.53. The molecule has 3 heteroatoms. The minimum atomic E-state index is 0.362. The van der Waals surface area contributed by atoms with Crippen molar-refractivity contribution in [3.05, 3.63) is 28.2 Å². The van der Waals surface area contributed by atoms with Gasteiger partial charge in [-0.15, -0.1) is 0 Å². The summed E-state index contributed by atoms with van der Waals surface area (Å²) < 4.78 is 0.771. The van der Waals surface area contributed by atoms with E-state index in [0.717, 1.165) is 29.0 Å². The molecule has 0 bridgehead atoms. The van der Waals surface area contributed by atoms with Crippen LogP contribution in [0.15, 0.2) is 22.7 Å².